The highest BCUT2D eigenvalue weighted by Gasteiger charge is 2.11. The first-order valence-electron chi connectivity index (χ1n) is 7.52. The van der Waals surface area contributed by atoms with Gasteiger partial charge in [0.15, 0.2) is 0 Å². The summed E-state index contributed by atoms with van der Waals surface area (Å²) in [5, 5.41) is 5.37. The van der Waals surface area contributed by atoms with Crippen LogP contribution >= 0.6 is 11.8 Å². The minimum Gasteiger partial charge on any atom is -0.495 e. The van der Waals surface area contributed by atoms with Crippen LogP contribution in [0.25, 0.3) is 0 Å². The van der Waals surface area contributed by atoms with Crippen molar-refractivity contribution in [2.24, 2.45) is 0 Å². The monoisotopic (exact) mass is 344 g/mol. The van der Waals surface area contributed by atoms with Crippen molar-refractivity contribution in [3.05, 3.63) is 54.1 Å². The highest BCUT2D eigenvalue weighted by Crippen LogP contribution is 2.26. The summed E-state index contributed by atoms with van der Waals surface area (Å²) in [6, 6.07) is 14.9. The van der Waals surface area contributed by atoms with E-state index in [0.29, 0.717) is 29.2 Å². The molecule has 0 saturated heterocycles. The van der Waals surface area contributed by atoms with Gasteiger partial charge in [-0.05, 0) is 30.3 Å². The molecule has 0 aliphatic carbocycles. The number of nitrogens with one attached hydrogen (secondary N) is 2. The summed E-state index contributed by atoms with van der Waals surface area (Å²) in [6.07, 6.45) is 0.368. The second kappa shape index (κ2) is 8.98. The van der Waals surface area contributed by atoms with E-state index in [1.165, 1.54) is 7.11 Å². The molecule has 0 fully saturated rings. The van der Waals surface area contributed by atoms with E-state index < -0.39 is 0 Å². The van der Waals surface area contributed by atoms with E-state index in [9.17, 15) is 9.59 Å². The molecule has 0 unspecified atom stereocenters. The van der Waals surface area contributed by atoms with E-state index in [4.69, 9.17) is 4.74 Å². The molecule has 2 aromatic carbocycles. The van der Waals surface area contributed by atoms with Gasteiger partial charge in [-0.3, -0.25) is 9.59 Å². The lowest BCUT2D eigenvalue weighted by Gasteiger charge is -2.11. The van der Waals surface area contributed by atoms with Gasteiger partial charge in [-0.25, -0.2) is 0 Å². The fraction of sp³-hybridized carbons (Fsp3) is 0.222. The van der Waals surface area contributed by atoms with Crippen molar-refractivity contribution >= 4 is 29.3 Å². The molecule has 0 aliphatic heterocycles. The predicted octanol–water partition coefficient (Wildman–Crippen LogP) is 3.18. The van der Waals surface area contributed by atoms with Gasteiger partial charge in [0, 0.05) is 29.7 Å². The van der Waals surface area contributed by atoms with Crippen LogP contribution in [0.2, 0.25) is 0 Å². The Kier molecular flexibility index (Phi) is 6.69. The van der Waals surface area contributed by atoms with Crippen molar-refractivity contribution < 1.29 is 14.3 Å². The lowest BCUT2D eigenvalue weighted by molar-refractivity contribution is -0.115. The number of hydrogen-bond donors (Lipinski definition) is 2. The zero-order valence-corrected chi connectivity index (χ0v) is 14.5. The highest BCUT2D eigenvalue weighted by molar-refractivity contribution is 7.99. The van der Waals surface area contributed by atoms with Crippen LogP contribution in [-0.4, -0.2) is 31.7 Å². The fourth-order valence-electron chi connectivity index (χ4n) is 2.08. The highest BCUT2D eigenvalue weighted by atomic mass is 32.2. The molecule has 0 aromatic heterocycles. The van der Waals surface area contributed by atoms with E-state index >= 15 is 0 Å². The van der Waals surface area contributed by atoms with Crippen molar-refractivity contribution in [3.8, 4) is 5.75 Å². The summed E-state index contributed by atoms with van der Waals surface area (Å²) < 4.78 is 5.24. The quantitative estimate of drug-likeness (QED) is 0.757. The Morgan fingerprint density at radius 1 is 1.12 bits per heavy atom. The maximum Gasteiger partial charge on any atom is 0.251 e. The average molecular weight is 344 g/mol. The zero-order chi connectivity index (χ0) is 17.4. The first kappa shape index (κ1) is 17.9. The van der Waals surface area contributed by atoms with Gasteiger partial charge in [0.1, 0.15) is 5.75 Å². The number of ether oxygens (including phenoxy) is 1. The van der Waals surface area contributed by atoms with E-state index in [0.717, 1.165) is 4.90 Å². The molecule has 0 heterocycles. The van der Waals surface area contributed by atoms with Gasteiger partial charge >= 0.3 is 0 Å². The van der Waals surface area contributed by atoms with E-state index in [1.54, 1.807) is 37.0 Å². The molecule has 2 amide bonds. The number of thioether (sulfide) groups is 1. The van der Waals surface area contributed by atoms with Crippen LogP contribution in [0, 0.1) is 0 Å². The van der Waals surface area contributed by atoms with Crippen LogP contribution in [0.3, 0.4) is 0 Å². The summed E-state index contributed by atoms with van der Waals surface area (Å²) in [5.41, 5.74) is 0.959. The van der Waals surface area contributed by atoms with Gasteiger partial charge in [0.2, 0.25) is 5.91 Å². The molecule has 2 aromatic rings. The number of amides is 2. The lowest BCUT2D eigenvalue weighted by Crippen LogP contribution is -2.19. The zero-order valence-electron chi connectivity index (χ0n) is 13.7. The summed E-state index contributed by atoms with van der Waals surface area (Å²) >= 11 is 1.62. The van der Waals surface area contributed by atoms with Crippen molar-refractivity contribution in [2.75, 3.05) is 25.2 Å². The molecule has 5 nitrogen and oxygen atoms in total. The Bertz CT molecular complexity index is 705. The Labute approximate surface area is 145 Å². The standard InChI is InChI=1S/C18H20N2O3S/c1-19-18(22)13-8-9-16(23-2)15(12-13)20-17(21)10-11-24-14-6-4-3-5-7-14/h3-9,12H,10-11H2,1-2H3,(H,19,22)(H,20,21). The maximum absolute atomic E-state index is 12.1. The maximum atomic E-state index is 12.1. The van der Waals surface area contributed by atoms with Crippen LogP contribution in [0.5, 0.6) is 5.75 Å². The molecule has 0 aliphatic rings. The SMILES string of the molecule is CNC(=O)c1ccc(OC)c(NC(=O)CCSc2ccccc2)c1. The minimum atomic E-state index is -0.215. The predicted molar refractivity (Wildman–Crippen MR) is 96.8 cm³/mol. The van der Waals surface area contributed by atoms with Gasteiger partial charge < -0.3 is 15.4 Å². The van der Waals surface area contributed by atoms with Gasteiger partial charge in [0.05, 0.1) is 12.8 Å². The number of benzene rings is 2. The molecule has 0 saturated carbocycles. The second-order valence-electron chi connectivity index (χ2n) is 4.95. The molecule has 6 heteroatoms. The summed E-state index contributed by atoms with van der Waals surface area (Å²) in [5.74, 6) is 0.859. The molecular formula is C18H20N2O3S. The number of anilines is 1. The first-order chi connectivity index (χ1) is 11.6. The number of methoxy groups -OCH3 is 1. The molecule has 0 radical (unpaired) electrons. The molecular weight excluding hydrogens is 324 g/mol. The van der Waals surface area contributed by atoms with E-state index in [-0.39, 0.29) is 11.8 Å². The minimum absolute atomic E-state index is 0.120. The number of hydrogen-bond acceptors (Lipinski definition) is 4. The average Bonchev–Trinajstić information content (AvgIpc) is 2.62. The van der Waals surface area contributed by atoms with Gasteiger partial charge in [-0.1, -0.05) is 18.2 Å². The topological polar surface area (TPSA) is 67.4 Å². The van der Waals surface area contributed by atoms with E-state index in [1.807, 2.05) is 30.3 Å². The Morgan fingerprint density at radius 2 is 1.88 bits per heavy atom. The van der Waals surface area contributed by atoms with Crippen LogP contribution in [0.1, 0.15) is 16.8 Å². The van der Waals surface area contributed by atoms with Crippen molar-refractivity contribution in [1.82, 2.24) is 5.32 Å². The number of carbonyl (C=O) groups is 2. The number of rotatable bonds is 7. The van der Waals surface area contributed by atoms with Gasteiger partial charge in [-0.2, -0.15) is 0 Å². The third kappa shape index (κ3) is 5.03. The van der Waals surface area contributed by atoms with Crippen molar-refractivity contribution in [1.29, 1.82) is 0 Å². The molecule has 2 N–H and O–H groups in total. The molecule has 2 rings (SSSR count). The van der Waals surface area contributed by atoms with Gasteiger partial charge in [0.25, 0.3) is 5.91 Å². The molecule has 0 spiro atoms. The van der Waals surface area contributed by atoms with Crippen LogP contribution in [-0.2, 0) is 4.79 Å². The van der Waals surface area contributed by atoms with E-state index in [2.05, 4.69) is 10.6 Å². The van der Waals surface area contributed by atoms with Crippen molar-refractivity contribution in [3.63, 3.8) is 0 Å². The fourth-order valence-corrected chi connectivity index (χ4v) is 2.95. The third-order valence-corrected chi connectivity index (χ3v) is 4.32. The Morgan fingerprint density at radius 3 is 2.54 bits per heavy atom. The lowest BCUT2D eigenvalue weighted by atomic mass is 10.1. The first-order valence-corrected chi connectivity index (χ1v) is 8.50. The smallest absolute Gasteiger partial charge is 0.251 e. The second-order valence-corrected chi connectivity index (χ2v) is 6.12. The van der Waals surface area contributed by atoms with Gasteiger partial charge in [-0.15, -0.1) is 11.8 Å². The largest absolute Gasteiger partial charge is 0.495 e. The molecule has 24 heavy (non-hydrogen) atoms. The molecule has 0 atom stereocenters. The third-order valence-electron chi connectivity index (χ3n) is 3.30. The molecule has 126 valence electrons. The summed E-state index contributed by atoms with van der Waals surface area (Å²) in [4.78, 5) is 25.0. The summed E-state index contributed by atoms with van der Waals surface area (Å²) in [7, 11) is 3.08. The van der Waals surface area contributed by atoms with Crippen LogP contribution < -0.4 is 15.4 Å². The normalized spacial score (nSPS) is 10.1. The molecule has 0 bridgehead atoms. The van der Waals surface area contributed by atoms with Crippen LogP contribution in [0.15, 0.2) is 53.4 Å². The number of carbonyl (C=O) groups excluding carboxylic acids is 2. The Hall–Kier alpha value is -2.47. The van der Waals surface area contributed by atoms with Crippen molar-refractivity contribution in [2.45, 2.75) is 11.3 Å². The summed E-state index contributed by atoms with van der Waals surface area (Å²) in [6.45, 7) is 0. The Balaban J connectivity index is 1.96. The van der Waals surface area contributed by atoms with Crippen LogP contribution in [0.4, 0.5) is 5.69 Å².